The smallest absolute Gasteiger partial charge is 0.194 e. The third kappa shape index (κ3) is 4.80. The summed E-state index contributed by atoms with van der Waals surface area (Å²) in [6, 6.07) is 45.3. The minimum atomic E-state index is -0.500. The number of rotatable bonds is 4. The fourth-order valence-electron chi connectivity index (χ4n) is 4.79. The van der Waals surface area contributed by atoms with E-state index in [-0.39, 0.29) is 0 Å². The van der Waals surface area contributed by atoms with Crippen molar-refractivity contribution in [2.75, 3.05) is 11.9 Å². The predicted molar refractivity (Wildman–Crippen MR) is 153 cm³/mol. The first-order valence-corrected chi connectivity index (χ1v) is 12.1. The molecule has 1 heterocycles. The van der Waals surface area contributed by atoms with Crippen LogP contribution in [-0.2, 0) is 0 Å². The molecule has 5 heteroatoms. The fourth-order valence-corrected chi connectivity index (χ4v) is 4.79. The van der Waals surface area contributed by atoms with Crippen LogP contribution in [0.15, 0.2) is 127 Å². The summed E-state index contributed by atoms with van der Waals surface area (Å²) in [5.41, 5.74) is 8.29. The van der Waals surface area contributed by atoms with Crippen LogP contribution in [0.5, 0.6) is 0 Å². The van der Waals surface area contributed by atoms with Gasteiger partial charge in [0.1, 0.15) is 0 Å². The molecule has 0 fully saturated rings. The van der Waals surface area contributed by atoms with E-state index in [4.69, 9.17) is 10.1 Å². The maximum absolute atomic E-state index is 8.81. The normalized spacial score (nSPS) is 10.6. The minimum absolute atomic E-state index is 0.500. The molecule has 0 aliphatic heterocycles. The van der Waals surface area contributed by atoms with Crippen molar-refractivity contribution in [3.63, 3.8) is 0 Å². The molecule has 6 aromatic rings. The number of hydrogen-bond donors (Lipinski definition) is 0. The zero-order chi connectivity index (χ0) is 25.8. The van der Waals surface area contributed by atoms with Gasteiger partial charge in [0.05, 0.1) is 11.0 Å². The zero-order valence-electron chi connectivity index (χ0n) is 20.8. The van der Waals surface area contributed by atoms with Crippen molar-refractivity contribution in [3.05, 3.63) is 143 Å². The van der Waals surface area contributed by atoms with Crippen molar-refractivity contribution in [1.82, 2.24) is 4.57 Å². The third-order valence-corrected chi connectivity index (χ3v) is 6.30. The van der Waals surface area contributed by atoms with Gasteiger partial charge in [-0.2, -0.15) is 0 Å². The molecule has 0 spiro atoms. The summed E-state index contributed by atoms with van der Waals surface area (Å²) in [6.07, 6.45) is 0. The molecule has 0 aliphatic carbocycles. The van der Waals surface area contributed by atoms with Crippen molar-refractivity contribution < 1.29 is 4.92 Å². The molecule has 5 nitrogen and oxygen atoms in total. The van der Waals surface area contributed by atoms with Crippen LogP contribution >= 0.6 is 0 Å². The van der Waals surface area contributed by atoms with Crippen molar-refractivity contribution in [2.45, 2.75) is 6.92 Å². The van der Waals surface area contributed by atoms with Gasteiger partial charge in [-0.15, -0.1) is 0 Å². The average Bonchev–Trinajstić information content (AvgIpc) is 3.25. The van der Waals surface area contributed by atoms with E-state index < -0.39 is 4.92 Å². The molecule has 0 saturated carbocycles. The van der Waals surface area contributed by atoms with Crippen molar-refractivity contribution in [3.8, 4) is 5.69 Å². The number of nitrogens with zero attached hydrogens (tertiary/aromatic N) is 3. The first kappa shape index (κ1) is 23.8. The highest BCUT2D eigenvalue weighted by atomic mass is 16.6. The molecule has 0 bridgehead atoms. The van der Waals surface area contributed by atoms with E-state index in [1.54, 1.807) is 0 Å². The van der Waals surface area contributed by atoms with E-state index >= 15 is 0 Å². The Hall–Kier alpha value is -4.90. The minimum Gasteiger partial charge on any atom is -0.310 e. The molecule has 0 aliphatic rings. The number of aryl methyl sites for hydroxylation is 1. The highest BCUT2D eigenvalue weighted by Gasteiger charge is 2.16. The predicted octanol–water partition coefficient (Wildman–Crippen LogP) is 8.45. The summed E-state index contributed by atoms with van der Waals surface area (Å²) in [5.74, 6) is 0. The topological polar surface area (TPSA) is 51.3 Å². The van der Waals surface area contributed by atoms with Crippen LogP contribution < -0.4 is 4.90 Å². The number of nitro groups is 1. The summed E-state index contributed by atoms with van der Waals surface area (Å²) in [5, 5.41) is 11.4. The Balaban J connectivity index is 0.000000655. The highest BCUT2D eigenvalue weighted by molar-refractivity contribution is 6.09. The van der Waals surface area contributed by atoms with Crippen LogP contribution in [-0.4, -0.2) is 16.5 Å². The molecule has 182 valence electrons. The van der Waals surface area contributed by atoms with Crippen LogP contribution in [0.25, 0.3) is 27.5 Å². The molecule has 1 aromatic heterocycles. The molecule has 0 amide bonds. The van der Waals surface area contributed by atoms with Gasteiger partial charge in [-0.3, -0.25) is 10.1 Å². The standard InChI is InChI=1S/C31H24N2.CH3NO2/c1-23-12-5-8-19-29(23)32(24-13-3-2-4-14-24)25-15-11-16-26(22-25)33-30-20-9-6-17-27(30)28-18-7-10-21-31(28)33;1-2(3)4/h2-22H,1H3;1H3. The maximum Gasteiger partial charge on any atom is 0.194 e. The third-order valence-electron chi connectivity index (χ3n) is 6.30. The first-order chi connectivity index (χ1) is 18.0. The van der Waals surface area contributed by atoms with E-state index in [1.165, 1.54) is 33.1 Å². The Morgan fingerprint density at radius 3 is 1.78 bits per heavy atom. The van der Waals surface area contributed by atoms with Crippen molar-refractivity contribution in [1.29, 1.82) is 0 Å². The lowest BCUT2D eigenvalue weighted by molar-refractivity contribution is -0.445. The SMILES string of the molecule is C[N+](=O)[O-].Cc1ccccc1N(c1ccccc1)c1cccc(-n2c3ccccc3c3ccccc32)c1. The molecule has 37 heavy (non-hydrogen) atoms. The lowest BCUT2D eigenvalue weighted by Gasteiger charge is -2.27. The van der Waals surface area contributed by atoms with Gasteiger partial charge < -0.3 is 9.47 Å². The van der Waals surface area contributed by atoms with Gasteiger partial charge in [0.25, 0.3) is 0 Å². The van der Waals surface area contributed by atoms with Crippen molar-refractivity contribution in [2.24, 2.45) is 0 Å². The van der Waals surface area contributed by atoms with Crippen LogP contribution in [0.2, 0.25) is 0 Å². The van der Waals surface area contributed by atoms with Gasteiger partial charge in [0, 0.05) is 38.4 Å². The number of aromatic nitrogens is 1. The van der Waals surface area contributed by atoms with E-state index in [1.807, 2.05) is 0 Å². The van der Waals surface area contributed by atoms with Gasteiger partial charge in [-0.05, 0) is 61.0 Å². The lowest BCUT2D eigenvalue weighted by Crippen LogP contribution is -2.11. The maximum atomic E-state index is 8.81. The first-order valence-electron chi connectivity index (χ1n) is 12.1. The van der Waals surface area contributed by atoms with Gasteiger partial charge in [0.2, 0.25) is 0 Å². The summed E-state index contributed by atoms with van der Waals surface area (Å²) in [4.78, 5) is 10.6. The number of fused-ring (bicyclic) bond motifs is 3. The van der Waals surface area contributed by atoms with E-state index in [9.17, 15) is 0 Å². The highest BCUT2D eigenvalue weighted by Crippen LogP contribution is 2.38. The molecule has 6 rings (SSSR count). The van der Waals surface area contributed by atoms with E-state index in [0.717, 1.165) is 24.1 Å². The Bertz CT molecular complexity index is 1630. The zero-order valence-corrected chi connectivity index (χ0v) is 20.8. The Labute approximate surface area is 216 Å². The second-order valence-corrected chi connectivity index (χ2v) is 8.79. The van der Waals surface area contributed by atoms with Crippen LogP contribution in [0.3, 0.4) is 0 Å². The summed E-state index contributed by atoms with van der Waals surface area (Å²) in [7, 11) is 0.889. The number of hydrogen-bond acceptors (Lipinski definition) is 3. The second-order valence-electron chi connectivity index (χ2n) is 8.79. The second kappa shape index (κ2) is 10.4. The molecule has 0 unspecified atom stereocenters. The number of anilines is 3. The fraction of sp³-hybridized carbons (Fsp3) is 0.0625. The number of benzene rings is 5. The monoisotopic (exact) mass is 485 g/mol. The Morgan fingerprint density at radius 2 is 1.16 bits per heavy atom. The molecular weight excluding hydrogens is 458 g/mol. The molecule has 0 N–H and O–H groups in total. The molecular formula is C32H27N3O2. The summed E-state index contributed by atoms with van der Waals surface area (Å²) < 4.78 is 2.37. The van der Waals surface area contributed by atoms with Crippen LogP contribution in [0, 0.1) is 17.0 Å². The van der Waals surface area contributed by atoms with Crippen molar-refractivity contribution >= 4 is 38.9 Å². The van der Waals surface area contributed by atoms with Crippen LogP contribution in [0.1, 0.15) is 5.56 Å². The van der Waals surface area contributed by atoms with Gasteiger partial charge in [-0.1, -0.05) is 78.9 Å². The molecule has 0 atom stereocenters. The lowest BCUT2D eigenvalue weighted by atomic mass is 10.1. The quantitative estimate of drug-likeness (QED) is 0.186. The largest absolute Gasteiger partial charge is 0.310 e. The summed E-state index contributed by atoms with van der Waals surface area (Å²) >= 11 is 0. The Morgan fingerprint density at radius 1 is 0.649 bits per heavy atom. The molecule has 0 saturated heterocycles. The number of para-hydroxylation sites is 4. The van der Waals surface area contributed by atoms with Gasteiger partial charge in [0.15, 0.2) is 7.05 Å². The average molecular weight is 486 g/mol. The summed E-state index contributed by atoms with van der Waals surface area (Å²) in [6.45, 7) is 2.17. The molecule has 5 aromatic carbocycles. The van der Waals surface area contributed by atoms with Gasteiger partial charge in [-0.25, -0.2) is 0 Å². The van der Waals surface area contributed by atoms with E-state index in [0.29, 0.717) is 0 Å². The van der Waals surface area contributed by atoms with Crippen LogP contribution in [0.4, 0.5) is 17.1 Å². The molecule has 0 radical (unpaired) electrons. The van der Waals surface area contributed by atoms with E-state index in [2.05, 4.69) is 144 Å². The Kier molecular flexibility index (Phi) is 6.68. The van der Waals surface area contributed by atoms with Gasteiger partial charge >= 0.3 is 0 Å².